The summed E-state index contributed by atoms with van der Waals surface area (Å²) in [4.78, 5) is 13.7. The molecule has 0 saturated heterocycles. The van der Waals surface area contributed by atoms with Crippen LogP contribution in [0.1, 0.15) is 18.9 Å². The maximum atomic E-state index is 11.9. The number of benzene rings is 2. The number of fused-ring (bicyclic) bond motifs is 1. The van der Waals surface area contributed by atoms with Crippen molar-refractivity contribution in [1.82, 2.24) is 4.90 Å². The second-order valence-electron chi connectivity index (χ2n) is 5.07. The topological polar surface area (TPSA) is 46.3 Å². The van der Waals surface area contributed by atoms with Crippen molar-refractivity contribution in [2.75, 3.05) is 7.05 Å². The number of amides is 1. The molecule has 0 radical (unpaired) electrons. The number of nitrogens with two attached hydrogens (primary N) is 1. The van der Waals surface area contributed by atoms with Gasteiger partial charge in [0.1, 0.15) is 0 Å². The van der Waals surface area contributed by atoms with Crippen molar-refractivity contribution in [2.24, 2.45) is 5.73 Å². The van der Waals surface area contributed by atoms with E-state index in [0.717, 1.165) is 0 Å². The van der Waals surface area contributed by atoms with E-state index in [4.69, 9.17) is 5.73 Å². The molecule has 0 saturated carbocycles. The molecule has 0 aliphatic carbocycles. The minimum absolute atomic E-state index is 0.0861. The third kappa shape index (κ3) is 3.32. The fourth-order valence-corrected chi connectivity index (χ4v) is 2.21. The van der Waals surface area contributed by atoms with Crippen molar-refractivity contribution < 1.29 is 4.79 Å². The molecule has 2 rings (SSSR count). The van der Waals surface area contributed by atoms with Gasteiger partial charge in [0.15, 0.2) is 0 Å². The standard InChI is InChI=1S/C16H20N2O/c1-12(17)10-16(19)18(2)11-14-8-5-7-13-6-3-4-9-15(13)14/h3-9,12H,10-11,17H2,1-2H3. The van der Waals surface area contributed by atoms with Gasteiger partial charge < -0.3 is 10.6 Å². The molecule has 1 amide bonds. The molecule has 0 spiro atoms. The van der Waals surface area contributed by atoms with E-state index in [1.807, 2.05) is 32.2 Å². The minimum atomic E-state index is -0.0949. The fourth-order valence-electron chi connectivity index (χ4n) is 2.21. The molecule has 2 aromatic carbocycles. The zero-order valence-corrected chi connectivity index (χ0v) is 11.5. The zero-order valence-electron chi connectivity index (χ0n) is 11.5. The molecule has 2 N–H and O–H groups in total. The van der Waals surface area contributed by atoms with Crippen LogP contribution >= 0.6 is 0 Å². The Bertz CT molecular complexity index is 572. The van der Waals surface area contributed by atoms with Gasteiger partial charge in [-0.05, 0) is 23.3 Å². The molecule has 0 aliphatic rings. The minimum Gasteiger partial charge on any atom is -0.341 e. The number of hydrogen-bond donors (Lipinski definition) is 1. The van der Waals surface area contributed by atoms with Crippen LogP contribution in [0, 0.1) is 0 Å². The van der Waals surface area contributed by atoms with Crippen LogP contribution in [0.3, 0.4) is 0 Å². The molecule has 0 aliphatic heterocycles. The molecule has 0 fully saturated rings. The van der Waals surface area contributed by atoms with Crippen molar-refractivity contribution in [3.63, 3.8) is 0 Å². The van der Waals surface area contributed by atoms with Crippen molar-refractivity contribution >= 4 is 16.7 Å². The summed E-state index contributed by atoms with van der Waals surface area (Å²) < 4.78 is 0. The molecular formula is C16H20N2O. The summed E-state index contributed by atoms with van der Waals surface area (Å²) in [5.74, 6) is 0.0861. The number of nitrogens with zero attached hydrogens (tertiary/aromatic N) is 1. The van der Waals surface area contributed by atoms with Crippen LogP contribution in [-0.4, -0.2) is 23.9 Å². The van der Waals surface area contributed by atoms with Crippen molar-refractivity contribution in [3.05, 3.63) is 48.0 Å². The summed E-state index contributed by atoms with van der Waals surface area (Å²) in [5.41, 5.74) is 6.83. The number of carbonyl (C=O) groups excluding carboxylic acids is 1. The third-order valence-corrected chi connectivity index (χ3v) is 3.21. The molecule has 0 aromatic heterocycles. The normalized spacial score (nSPS) is 12.4. The highest BCUT2D eigenvalue weighted by Gasteiger charge is 2.12. The fraction of sp³-hybridized carbons (Fsp3) is 0.312. The van der Waals surface area contributed by atoms with E-state index >= 15 is 0 Å². The summed E-state index contributed by atoms with van der Waals surface area (Å²) in [5, 5.41) is 2.40. The van der Waals surface area contributed by atoms with Crippen LogP contribution in [-0.2, 0) is 11.3 Å². The molecule has 100 valence electrons. The maximum absolute atomic E-state index is 11.9. The van der Waals surface area contributed by atoms with Gasteiger partial charge in [-0.25, -0.2) is 0 Å². The number of carbonyl (C=O) groups is 1. The Balaban J connectivity index is 2.19. The molecule has 0 heterocycles. The van der Waals surface area contributed by atoms with Crippen LogP contribution in [0.15, 0.2) is 42.5 Å². The lowest BCUT2D eigenvalue weighted by Crippen LogP contribution is -2.31. The van der Waals surface area contributed by atoms with E-state index < -0.39 is 0 Å². The maximum Gasteiger partial charge on any atom is 0.224 e. The molecular weight excluding hydrogens is 236 g/mol. The first-order chi connectivity index (χ1) is 9.08. The molecule has 1 unspecified atom stereocenters. The predicted octanol–water partition coefficient (Wildman–Crippen LogP) is 2.54. The average Bonchev–Trinajstić information content (AvgIpc) is 2.38. The smallest absolute Gasteiger partial charge is 0.224 e. The molecule has 2 aromatic rings. The van der Waals surface area contributed by atoms with Crippen LogP contribution < -0.4 is 5.73 Å². The lowest BCUT2D eigenvalue weighted by Gasteiger charge is -2.19. The molecule has 0 bridgehead atoms. The SMILES string of the molecule is CC(N)CC(=O)N(C)Cc1cccc2ccccc12. The van der Waals surface area contributed by atoms with Gasteiger partial charge in [0.05, 0.1) is 0 Å². The zero-order chi connectivity index (χ0) is 13.8. The quantitative estimate of drug-likeness (QED) is 0.913. The lowest BCUT2D eigenvalue weighted by atomic mass is 10.0. The second-order valence-corrected chi connectivity index (χ2v) is 5.07. The predicted molar refractivity (Wildman–Crippen MR) is 78.7 cm³/mol. The first kappa shape index (κ1) is 13.6. The van der Waals surface area contributed by atoms with Crippen LogP contribution in [0.25, 0.3) is 10.8 Å². The van der Waals surface area contributed by atoms with Gasteiger partial charge in [0, 0.05) is 26.1 Å². The summed E-state index contributed by atoms with van der Waals surface area (Å²) >= 11 is 0. The Morgan fingerprint density at radius 3 is 2.63 bits per heavy atom. The summed E-state index contributed by atoms with van der Waals surface area (Å²) in [7, 11) is 1.83. The van der Waals surface area contributed by atoms with Crippen molar-refractivity contribution in [3.8, 4) is 0 Å². The van der Waals surface area contributed by atoms with Gasteiger partial charge in [-0.3, -0.25) is 4.79 Å². The number of rotatable bonds is 4. The van der Waals surface area contributed by atoms with Crippen LogP contribution in [0.4, 0.5) is 0 Å². The van der Waals surface area contributed by atoms with Gasteiger partial charge in [-0.15, -0.1) is 0 Å². The monoisotopic (exact) mass is 256 g/mol. The van der Waals surface area contributed by atoms with E-state index in [2.05, 4.69) is 24.3 Å². The second kappa shape index (κ2) is 5.85. The van der Waals surface area contributed by atoms with Crippen LogP contribution in [0.2, 0.25) is 0 Å². The van der Waals surface area contributed by atoms with Gasteiger partial charge in [-0.2, -0.15) is 0 Å². The lowest BCUT2D eigenvalue weighted by molar-refractivity contribution is -0.130. The largest absolute Gasteiger partial charge is 0.341 e. The first-order valence-electron chi connectivity index (χ1n) is 6.54. The van der Waals surface area contributed by atoms with E-state index in [1.54, 1.807) is 4.90 Å². The van der Waals surface area contributed by atoms with Crippen LogP contribution in [0.5, 0.6) is 0 Å². The molecule has 1 atom stereocenters. The molecule has 3 heteroatoms. The summed E-state index contributed by atoms with van der Waals surface area (Å²) in [6.45, 7) is 2.47. The van der Waals surface area contributed by atoms with Gasteiger partial charge in [0.2, 0.25) is 5.91 Å². The van der Waals surface area contributed by atoms with Crippen molar-refractivity contribution in [1.29, 1.82) is 0 Å². The molecule has 3 nitrogen and oxygen atoms in total. The first-order valence-corrected chi connectivity index (χ1v) is 6.54. The molecule has 19 heavy (non-hydrogen) atoms. The van der Waals surface area contributed by atoms with Gasteiger partial charge in [0.25, 0.3) is 0 Å². The Morgan fingerprint density at radius 1 is 1.21 bits per heavy atom. The Morgan fingerprint density at radius 2 is 1.89 bits per heavy atom. The highest BCUT2D eigenvalue weighted by atomic mass is 16.2. The van der Waals surface area contributed by atoms with E-state index in [9.17, 15) is 4.79 Å². The Labute approximate surface area is 114 Å². The Hall–Kier alpha value is -1.87. The van der Waals surface area contributed by atoms with E-state index in [0.29, 0.717) is 13.0 Å². The van der Waals surface area contributed by atoms with Gasteiger partial charge in [-0.1, -0.05) is 42.5 Å². The summed E-state index contributed by atoms with van der Waals surface area (Å²) in [6, 6.07) is 14.3. The summed E-state index contributed by atoms with van der Waals surface area (Å²) in [6.07, 6.45) is 0.390. The number of hydrogen-bond acceptors (Lipinski definition) is 2. The third-order valence-electron chi connectivity index (χ3n) is 3.21. The van der Waals surface area contributed by atoms with E-state index in [-0.39, 0.29) is 11.9 Å². The highest BCUT2D eigenvalue weighted by Crippen LogP contribution is 2.19. The van der Waals surface area contributed by atoms with E-state index in [1.165, 1.54) is 16.3 Å². The average molecular weight is 256 g/mol. The van der Waals surface area contributed by atoms with Crippen molar-refractivity contribution in [2.45, 2.75) is 25.9 Å². The Kier molecular flexibility index (Phi) is 4.17. The van der Waals surface area contributed by atoms with Gasteiger partial charge >= 0.3 is 0 Å². The highest BCUT2D eigenvalue weighted by molar-refractivity contribution is 5.86.